The SMILES string of the molecule is CC(C)c1cccc(C(C)C)c1NC(=O)N1CCSC1c1ccncc1. The molecule has 5 heteroatoms. The first kappa shape index (κ1) is 18.8. The molecule has 2 heterocycles. The van der Waals surface area contributed by atoms with Gasteiger partial charge in [0.15, 0.2) is 0 Å². The molecule has 1 aliphatic rings. The molecule has 1 atom stereocenters. The predicted octanol–water partition coefficient (Wildman–Crippen LogP) is 5.61. The Kier molecular flexibility index (Phi) is 5.87. The Hall–Kier alpha value is -2.01. The molecule has 0 bridgehead atoms. The van der Waals surface area contributed by atoms with Crippen molar-refractivity contribution < 1.29 is 4.79 Å². The molecule has 1 aliphatic heterocycles. The highest BCUT2D eigenvalue weighted by molar-refractivity contribution is 7.99. The minimum Gasteiger partial charge on any atom is -0.308 e. The summed E-state index contributed by atoms with van der Waals surface area (Å²) in [6.45, 7) is 9.42. The summed E-state index contributed by atoms with van der Waals surface area (Å²) in [5.74, 6) is 1.66. The summed E-state index contributed by atoms with van der Waals surface area (Å²) in [6, 6.07) is 10.3. The Morgan fingerprint density at radius 1 is 1.12 bits per heavy atom. The van der Waals surface area contributed by atoms with Crippen LogP contribution in [-0.4, -0.2) is 28.2 Å². The standard InChI is InChI=1S/C21H27N3OS/c1-14(2)17-6-5-7-18(15(3)4)19(17)23-21(25)24-12-13-26-20(24)16-8-10-22-11-9-16/h5-11,14-15,20H,12-13H2,1-4H3,(H,23,25). The molecule has 1 N–H and O–H groups in total. The molecule has 0 spiro atoms. The van der Waals surface area contributed by atoms with Crippen LogP contribution < -0.4 is 5.32 Å². The van der Waals surface area contributed by atoms with E-state index < -0.39 is 0 Å². The number of hydrogen-bond acceptors (Lipinski definition) is 3. The fourth-order valence-electron chi connectivity index (χ4n) is 3.36. The topological polar surface area (TPSA) is 45.2 Å². The number of anilines is 1. The largest absolute Gasteiger partial charge is 0.323 e. The van der Waals surface area contributed by atoms with E-state index in [2.05, 4.69) is 56.2 Å². The highest BCUT2D eigenvalue weighted by atomic mass is 32.2. The van der Waals surface area contributed by atoms with Gasteiger partial charge >= 0.3 is 6.03 Å². The third-order valence-corrected chi connectivity index (χ3v) is 6.01. The lowest BCUT2D eigenvalue weighted by molar-refractivity contribution is 0.214. The second-order valence-electron chi connectivity index (χ2n) is 7.25. The summed E-state index contributed by atoms with van der Waals surface area (Å²) in [4.78, 5) is 19.2. The van der Waals surface area contributed by atoms with Crippen LogP contribution in [0.1, 0.15) is 61.6 Å². The smallest absolute Gasteiger partial charge is 0.308 e. The van der Waals surface area contributed by atoms with Crippen molar-refractivity contribution in [3.63, 3.8) is 0 Å². The van der Waals surface area contributed by atoms with Crippen molar-refractivity contribution in [2.45, 2.75) is 44.9 Å². The second-order valence-corrected chi connectivity index (χ2v) is 8.44. The molecule has 1 fully saturated rings. The predicted molar refractivity (Wildman–Crippen MR) is 110 cm³/mol. The van der Waals surface area contributed by atoms with Crippen LogP contribution in [-0.2, 0) is 0 Å². The van der Waals surface area contributed by atoms with Gasteiger partial charge in [-0.3, -0.25) is 4.98 Å². The van der Waals surface area contributed by atoms with E-state index in [9.17, 15) is 4.79 Å². The van der Waals surface area contributed by atoms with E-state index >= 15 is 0 Å². The van der Waals surface area contributed by atoms with E-state index in [1.54, 1.807) is 24.2 Å². The molecule has 1 unspecified atom stereocenters. The monoisotopic (exact) mass is 369 g/mol. The Morgan fingerprint density at radius 3 is 2.31 bits per heavy atom. The van der Waals surface area contributed by atoms with Crippen LogP contribution in [0, 0.1) is 0 Å². The maximum atomic E-state index is 13.1. The number of nitrogens with one attached hydrogen (secondary N) is 1. The molecule has 1 aromatic carbocycles. The number of benzene rings is 1. The zero-order valence-electron chi connectivity index (χ0n) is 15.9. The first-order valence-electron chi connectivity index (χ1n) is 9.21. The maximum Gasteiger partial charge on any atom is 0.323 e. The summed E-state index contributed by atoms with van der Waals surface area (Å²) >= 11 is 1.80. The molecule has 1 aromatic heterocycles. The average molecular weight is 370 g/mol. The Bertz CT molecular complexity index is 735. The fourth-order valence-corrected chi connectivity index (χ4v) is 4.61. The number of rotatable bonds is 4. The number of pyridine rings is 1. The van der Waals surface area contributed by atoms with Gasteiger partial charge in [-0.15, -0.1) is 11.8 Å². The summed E-state index contributed by atoms with van der Waals surface area (Å²) in [6.07, 6.45) is 3.57. The molecule has 138 valence electrons. The number of amides is 2. The molecule has 26 heavy (non-hydrogen) atoms. The van der Waals surface area contributed by atoms with E-state index in [0.717, 1.165) is 23.5 Å². The van der Waals surface area contributed by atoms with Crippen LogP contribution in [0.2, 0.25) is 0 Å². The van der Waals surface area contributed by atoms with Gasteiger partial charge < -0.3 is 10.2 Å². The van der Waals surface area contributed by atoms with Gasteiger partial charge in [0.1, 0.15) is 5.37 Å². The van der Waals surface area contributed by atoms with Crippen molar-refractivity contribution in [1.29, 1.82) is 0 Å². The molecule has 2 amide bonds. The number of hydrogen-bond donors (Lipinski definition) is 1. The normalized spacial score (nSPS) is 17.2. The van der Waals surface area contributed by atoms with E-state index in [4.69, 9.17) is 0 Å². The lowest BCUT2D eigenvalue weighted by Gasteiger charge is -2.27. The molecular formula is C21H27N3OS. The summed E-state index contributed by atoms with van der Waals surface area (Å²) in [5.41, 5.74) is 4.49. The van der Waals surface area contributed by atoms with Crippen molar-refractivity contribution in [2.24, 2.45) is 0 Å². The summed E-state index contributed by atoms with van der Waals surface area (Å²) in [7, 11) is 0. The Balaban J connectivity index is 1.88. The van der Waals surface area contributed by atoms with Gasteiger partial charge in [0.2, 0.25) is 0 Å². The molecule has 1 saturated heterocycles. The van der Waals surface area contributed by atoms with Gasteiger partial charge in [-0.25, -0.2) is 4.79 Å². The molecule has 0 saturated carbocycles. The summed E-state index contributed by atoms with van der Waals surface area (Å²) < 4.78 is 0. The minimum atomic E-state index is -0.0215. The fraction of sp³-hybridized carbons (Fsp3) is 0.429. The number of urea groups is 1. The van der Waals surface area contributed by atoms with Gasteiger partial charge in [0.05, 0.1) is 0 Å². The third kappa shape index (κ3) is 3.88. The zero-order chi connectivity index (χ0) is 18.7. The third-order valence-electron chi connectivity index (χ3n) is 4.75. The minimum absolute atomic E-state index is 0.0215. The van der Waals surface area contributed by atoms with Crippen LogP contribution in [0.15, 0.2) is 42.7 Å². The highest BCUT2D eigenvalue weighted by Gasteiger charge is 2.31. The molecule has 2 aromatic rings. The first-order valence-corrected chi connectivity index (χ1v) is 10.3. The van der Waals surface area contributed by atoms with Crippen molar-refractivity contribution in [3.8, 4) is 0 Å². The van der Waals surface area contributed by atoms with Crippen molar-refractivity contribution in [3.05, 3.63) is 59.4 Å². The van der Waals surface area contributed by atoms with Crippen LogP contribution in [0.25, 0.3) is 0 Å². The van der Waals surface area contributed by atoms with Gasteiger partial charge in [0.25, 0.3) is 0 Å². The average Bonchev–Trinajstić information content (AvgIpc) is 3.12. The quantitative estimate of drug-likeness (QED) is 0.762. The lowest BCUT2D eigenvalue weighted by atomic mass is 9.93. The van der Waals surface area contributed by atoms with E-state index in [-0.39, 0.29) is 11.4 Å². The van der Waals surface area contributed by atoms with Gasteiger partial charge in [-0.1, -0.05) is 45.9 Å². The molecule has 4 nitrogen and oxygen atoms in total. The van der Waals surface area contributed by atoms with Gasteiger partial charge in [0, 0.05) is 30.4 Å². The number of nitrogens with zero attached hydrogens (tertiary/aromatic N) is 2. The van der Waals surface area contributed by atoms with Crippen LogP contribution in [0.3, 0.4) is 0 Å². The Morgan fingerprint density at radius 2 is 1.73 bits per heavy atom. The molecule has 0 aliphatic carbocycles. The number of aromatic nitrogens is 1. The molecular weight excluding hydrogens is 342 g/mol. The first-order chi connectivity index (χ1) is 12.5. The summed E-state index contributed by atoms with van der Waals surface area (Å²) in [5, 5.41) is 3.29. The van der Waals surface area contributed by atoms with E-state index in [0.29, 0.717) is 11.8 Å². The van der Waals surface area contributed by atoms with E-state index in [1.807, 2.05) is 17.0 Å². The lowest BCUT2D eigenvalue weighted by Crippen LogP contribution is -2.35. The zero-order valence-corrected chi connectivity index (χ0v) is 16.7. The molecule has 3 rings (SSSR count). The number of para-hydroxylation sites is 1. The Labute approximate surface area is 160 Å². The number of carbonyl (C=O) groups is 1. The van der Waals surface area contributed by atoms with Gasteiger partial charge in [-0.05, 0) is 40.7 Å². The van der Waals surface area contributed by atoms with Crippen molar-refractivity contribution in [1.82, 2.24) is 9.88 Å². The molecule has 0 radical (unpaired) electrons. The van der Waals surface area contributed by atoms with Crippen LogP contribution in [0.4, 0.5) is 10.5 Å². The van der Waals surface area contributed by atoms with Crippen molar-refractivity contribution in [2.75, 3.05) is 17.6 Å². The number of thioether (sulfide) groups is 1. The second kappa shape index (κ2) is 8.12. The number of carbonyl (C=O) groups excluding carboxylic acids is 1. The van der Waals surface area contributed by atoms with E-state index in [1.165, 1.54) is 11.1 Å². The van der Waals surface area contributed by atoms with Crippen molar-refractivity contribution >= 4 is 23.5 Å². The van der Waals surface area contributed by atoms with Crippen LogP contribution >= 0.6 is 11.8 Å². The highest BCUT2D eigenvalue weighted by Crippen LogP contribution is 2.39. The van der Waals surface area contributed by atoms with Gasteiger partial charge in [-0.2, -0.15) is 0 Å². The maximum absolute atomic E-state index is 13.1. The van der Waals surface area contributed by atoms with Crippen LogP contribution in [0.5, 0.6) is 0 Å².